The van der Waals surface area contributed by atoms with Crippen LogP contribution >= 0.6 is 0 Å². The van der Waals surface area contributed by atoms with Crippen LogP contribution in [-0.2, 0) is 17.8 Å². The predicted octanol–water partition coefficient (Wildman–Crippen LogP) is 4.29. The van der Waals surface area contributed by atoms with Crippen LogP contribution in [0, 0.1) is 0 Å². The lowest BCUT2D eigenvalue weighted by Crippen LogP contribution is -2.41. The van der Waals surface area contributed by atoms with Crippen molar-refractivity contribution < 1.29 is 4.79 Å². The highest BCUT2D eigenvalue weighted by atomic mass is 16.2. The quantitative estimate of drug-likeness (QED) is 0.810. The van der Waals surface area contributed by atoms with Gasteiger partial charge >= 0.3 is 0 Å². The van der Waals surface area contributed by atoms with Crippen molar-refractivity contribution in [2.75, 3.05) is 0 Å². The van der Waals surface area contributed by atoms with E-state index in [2.05, 4.69) is 64.4 Å². The molecule has 2 fully saturated rings. The average Bonchev–Trinajstić information content (AvgIpc) is 2.99. The Balaban J connectivity index is 1.56. The van der Waals surface area contributed by atoms with Crippen LogP contribution in [-0.4, -0.2) is 27.8 Å². The Kier molecular flexibility index (Phi) is 4.05. The molecule has 3 heteroatoms. The van der Waals surface area contributed by atoms with Gasteiger partial charge in [-0.3, -0.25) is 9.69 Å². The minimum atomic E-state index is -0.00275. The Hall–Kier alpha value is -2.13. The molecule has 134 valence electrons. The molecular weight excluding hydrogens is 320 g/mol. The van der Waals surface area contributed by atoms with Crippen LogP contribution in [0.25, 0.3) is 0 Å². The van der Waals surface area contributed by atoms with Crippen LogP contribution in [0.1, 0.15) is 55.0 Å². The minimum Gasteiger partial charge on any atom is -0.318 e. The molecule has 0 aromatic heterocycles. The Morgan fingerprint density at radius 1 is 0.808 bits per heavy atom. The van der Waals surface area contributed by atoms with Gasteiger partial charge in [-0.1, -0.05) is 73.9 Å². The zero-order chi connectivity index (χ0) is 17.5. The van der Waals surface area contributed by atoms with Crippen LogP contribution in [0.4, 0.5) is 0 Å². The van der Waals surface area contributed by atoms with Gasteiger partial charge in [-0.15, -0.1) is 0 Å². The monoisotopic (exact) mass is 346 g/mol. The normalized spacial score (nSPS) is 26.6. The Morgan fingerprint density at radius 3 is 2.27 bits per heavy atom. The maximum atomic E-state index is 13.5. The van der Waals surface area contributed by atoms with E-state index in [-0.39, 0.29) is 12.2 Å². The van der Waals surface area contributed by atoms with Crippen LogP contribution in [0.15, 0.2) is 54.6 Å². The number of amides is 1. The van der Waals surface area contributed by atoms with Crippen molar-refractivity contribution in [3.63, 3.8) is 0 Å². The second-order valence-electron chi connectivity index (χ2n) is 7.98. The molecule has 3 nitrogen and oxygen atoms in total. The molecule has 3 aliphatic rings. The van der Waals surface area contributed by atoms with Gasteiger partial charge in [0.05, 0.1) is 6.04 Å². The summed E-state index contributed by atoms with van der Waals surface area (Å²) in [5.74, 6) is 0.347. The van der Waals surface area contributed by atoms with Crippen molar-refractivity contribution in [2.24, 2.45) is 0 Å². The highest BCUT2D eigenvalue weighted by Crippen LogP contribution is 2.43. The zero-order valence-electron chi connectivity index (χ0n) is 15.2. The van der Waals surface area contributed by atoms with Gasteiger partial charge < -0.3 is 4.90 Å². The summed E-state index contributed by atoms with van der Waals surface area (Å²) in [7, 11) is 0. The van der Waals surface area contributed by atoms with Crippen LogP contribution in [0.2, 0.25) is 0 Å². The lowest BCUT2D eigenvalue weighted by molar-refractivity contribution is -0.133. The molecule has 2 aromatic carbocycles. The number of hydrogen-bond donors (Lipinski definition) is 0. The SMILES string of the molecule is O=C1C2Cc3ccccc3CN2C(c2ccccc2)N1C1CCCCC1. The average molecular weight is 346 g/mol. The molecule has 1 amide bonds. The maximum Gasteiger partial charge on any atom is 0.242 e. The summed E-state index contributed by atoms with van der Waals surface area (Å²) in [6.07, 6.45) is 7.06. The molecule has 1 saturated heterocycles. The molecule has 0 spiro atoms. The van der Waals surface area contributed by atoms with Gasteiger partial charge in [-0.05, 0) is 36.0 Å². The number of benzene rings is 2. The van der Waals surface area contributed by atoms with Crippen LogP contribution in [0.5, 0.6) is 0 Å². The summed E-state index contributed by atoms with van der Waals surface area (Å²) in [4.78, 5) is 18.2. The first-order chi connectivity index (χ1) is 12.8. The molecule has 0 radical (unpaired) electrons. The molecule has 5 rings (SSSR count). The second-order valence-corrected chi connectivity index (χ2v) is 7.98. The number of carbonyl (C=O) groups is 1. The predicted molar refractivity (Wildman–Crippen MR) is 102 cm³/mol. The van der Waals surface area contributed by atoms with E-state index in [0.717, 1.165) is 25.8 Å². The van der Waals surface area contributed by atoms with E-state index >= 15 is 0 Å². The van der Waals surface area contributed by atoms with E-state index < -0.39 is 0 Å². The molecule has 1 aliphatic carbocycles. The third-order valence-corrected chi connectivity index (χ3v) is 6.47. The van der Waals surface area contributed by atoms with Gasteiger partial charge in [0, 0.05) is 12.6 Å². The Bertz CT molecular complexity index is 797. The van der Waals surface area contributed by atoms with Gasteiger partial charge in [0.2, 0.25) is 5.91 Å². The van der Waals surface area contributed by atoms with E-state index in [1.54, 1.807) is 0 Å². The summed E-state index contributed by atoms with van der Waals surface area (Å²) in [6.45, 7) is 0.870. The number of carbonyl (C=O) groups excluding carboxylic acids is 1. The summed E-state index contributed by atoms with van der Waals surface area (Å²) in [5, 5.41) is 0. The molecule has 2 atom stereocenters. The number of hydrogen-bond acceptors (Lipinski definition) is 2. The lowest BCUT2D eigenvalue weighted by Gasteiger charge is -2.38. The fraction of sp³-hybridized carbons (Fsp3) is 0.435. The molecule has 2 unspecified atom stereocenters. The maximum absolute atomic E-state index is 13.5. The van der Waals surface area contributed by atoms with Crippen molar-refractivity contribution in [3.05, 3.63) is 71.3 Å². The molecule has 2 aromatic rings. The molecular formula is C23H26N2O. The highest BCUT2D eigenvalue weighted by Gasteiger charge is 2.50. The first-order valence-corrected chi connectivity index (χ1v) is 10.0. The van der Waals surface area contributed by atoms with Gasteiger partial charge in [-0.25, -0.2) is 0 Å². The van der Waals surface area contributed by atoms with Crippen LogP contribution < -0.4 is 0 Å². The fourth-order valence-corrected chi connectivity index (χ4v) is 5.20. The summed E-state index contributed by atoms with van der Waals surface area (Å²) < 4.78 is 0. The number of rotatable bonds is 2. The summed E-state index contributed by atoms with van der Waals surface area (Å²) >= 11 is 0. The van der Waals surface area contributed by atoms with E-state index in [4.69, 9.17) is 0 Å². The molecule has 26 heavy (non-hydrogen) atoms. The number of fused-ring (bicyclic) bond motifs is 2. The Labute approximate surface area is 155 Å². The minimum absolute atomic E-state index is 0.00275. The summed E-state index contributed by atoms with van der Waals surface area (Å²) in [5.41, 5.74) is 3.98. The third kappa shape index (κ3) is 2.57. The van der Waals surface area contributed by atoms with Crippen molar-refractivity contribution in [3.8, 4) is 0 Å². The zero-order valence-corrected chi connectivity index (χ0v) is 15.2. The van der Waals surface area contributed by atoms with E-state index in [1.165, 1.54) is 36.0 Å². The lowest BCUT2D eigenvalue weighted by atomic mass is 9.93. The molecule has 2 aliphatic heterocycles. The van der Waals surface area contributed by atoms with Crippen molar-refractivity contribution >= 4 is 5.91 Å². The van der Waals surface area contributed by atoms with Crippen molar-refractivity contribution in [2.45, 2.75) is 63.3 Å². The summed E-state index contributed by atoms with van der Waals surface area (Å²) in [6, 6.07) is 19.7. The standard InChI is InChI=1S/C23H26N2O/c26-23-21-15-18-11-7-8-12-19(18)16-24(21)22(17-9-3-1-4-10-17)25(23)20-13-5-2-6-14-20/h1,3-4,7-12,20-22H,2,5-6,13-16H2. The molecule has 2 heterocycles. The number of nitrogens with zero attached hydrogens (tertiary/aromatic N) is 2. The van der Waals surface area contributed by atoms with E-state index in [9.17, 15) is 4.79 Å². The van der Waals surface area contributed by atoms with Crippen molar-refractivity contribution in [1.29, 1.82) is 0 Å². The Morgan fingerprint density at radius 2 is 1.50 bits per heavy atom. The molecule has 0 N–H and O–H groups in total. The van der Waals surface area contributed by atoms with Gasteiger partial charge in [0.15, 0.2) is 0 Å². The first kappa shape index (κ1) is 16.1. The molecule has 1 saturated carbocycles. The van der Waals surface area contributed by atoms with E-state index in [1.807, 2.05) is 0 Å². The molecule has 0 bridgehead atoms. The second kappa shape index (κ2) is 6.55. The van der Waals surface area contributed by atoms with Gasteiger partial charge in [0.1, 0.15) is 6.17 Å². The topological polar surface area (TPSA) is 23.6 Å². The third-order valence-electron chi connectivity index (χ3n) is 6.47. The van der Waals surface area contributed by atoms with Gasteiger partial charge in [0.25, 0.3) is 0 Å². The smallest absolute Gasteiger partial charge is 0.242 e. The first-order valence-electron chi connectivity index (χ1n) is 10.0. The van der Waals surface area contributed by atoms with E-state index in [0.29, 0.717) is 11.9 Å². The highest BCUT2D eigenvalue weighted by molar-refractivity contribution is 5.85. The fourth-order valence-electron chi connectivity index (χ4n) is 5.20. The van der Waals surface area contributed by atoms with Crippen LogP contribution in [0.3, 0.4) is 0 Å². The van der Waals surface area contributed by atoms with Gasteiger partial charge in [-0.2, -0.15) is 0 Å². The van der Waals surface area contributed by atoms with Crippen molar-refractivity contribution in [1.82, 2.24) is 9.80 Å². The largest absolute Gasteiger partial charge is 0.318 e.